The van der Waals surface area contributed by atoms with Crippen LogP contribution in [-0.2, 0) is 15.9 Å². The van der Waals surface area contributed by atoms with Crippen molar-refractivity contribution >= 4 is 5.97 Å². The zero-order valence-electron chi connectivity index (χ0n) is 10.8. The molecule has 96 valence electrons. The second-order valence-corrected chi connectivity index (χ2v) is 4.55. The Morgan fingerprint density at radius 2 is 2.18 bits per heavy atom. The molecular formula is C12H20N2O3. The van der Waals surface area contributed by atoms with Crippen molar-refractivity contribution in [2.24, 2.45) is 5.92 Å². The molecule has 0 saturated heterocycles. The standard InChI is InChI=1S/C12H20N2O3/c1-8(2)5-10-6-11(14-13-10)12(15)17-9(3)7-16-4/h6,8-9H,5,7H2,1-4H3,(H,13,14)/t9-/m0/s1. The number of hydrogen-bond acceptors (Lipinski definition) is 4. The second kappa shape index (κ2) is 6.39. The van der Waals surface area contributed by atoms with Crippen molar-refractivity contribution < 1.29 is 14.3 Å². The molecule has 0 aliphatic heterocycles. The van der Waals surface area contributed by atoms with Crippen molar-refractivity contribution in [1.29, 1.82) is 0 Å². The number of methoxy groups -OCH3 is 1. The van der Waals surface area contributed by atoms with Gasteiger partial charge in [-0.15, -0.1) is 0 Å². The molecule has 1 N–H and O–H groups in total. The van der Waals surface area contributed by atoms with Crippen molar-refractivity contribution in [2.75, 3.05) is 13.7 Å². The maximum absolute atomic E-state index is 11.7. The van der Waals surface area contributed by atoms with E-state index in [-0.39, 0.29) is 6.10 Å². The summed E-state index contributed by atoms with van der Waals surface area (Å²) >= 11 is 0. The zero-order valence-corrected chi connectivity index (χ0v) is 10.8. The summed E-state index contributed by atoms with van der Waals surface area (Å²) in [6, 6.07) is 1.74. The molecule has 0 spiro atoms. The molecule has 17 heavy (non-hydrogen) atoms. The molecule has 0 saturated carbocycles. The summed E-state index contributed by atoms with van der Waals surface area (Å²) in [5.74, 6) is 0.104. The minimum atomic E-state index is -0.416. The lowest BCUT2D eigenvalue weighted by Gasteiger charge is -2.10. The summed E-state index contributed by atoms with van der Waals surface area (Å²) in [5, 5.41) is 6.78. The van der Waals surface area contributed by atoms with Gasteiger partial charge in [-0.1, -0.05) is 13.8 Å². The van der Waals surface area contributed by atoms with Crippen LogP contribution < -0.4 is 0 Å². The molecule has 0 aliphatic carbocycles. The van der Waals surface area contributed by atoms with Crippen LogP contribution in [0.1, 0.15) is 37.0 Å². The van der Waals surface area contributed by atoms with Crippen molar-refractivity contribution in [3.63, 3.8) is 0 Å². The van der Waals surface area contributed by atoms with Gasteiger partial charge >= 0.3 is 5.97 Å². The number of carbonyl (C=O) groups excluding carboxylic acids is 1. The Kier molecular flexibility index (Phi) is 5.15. The van der Waals surface area contributed by atoms with Gasteiger partial charge in [-0.05, 0) is 25.3 Å². The number of aromatic amines is 1. The summed E-state index contributed by atoms with van der Waals surface area (Å²) < 4.78 is 10.0. The first-order valence-corrected chi connectivity index (χ1v) is 5.77. The van der Waals surface area contributed by atoms with E-state index in [0.717, 1.165) is 12.1 Å². The van der Waals surface area contributed by atoms with Crippen molar-refractivity contribution in [3.8, 4) is 0 Å². The normalized spacial score (nSPS) is 12.8. The Balaban J connectivity index is 2.54. The predicted molar refractivity (Wildman–Crippen MR) is 63.9 cm³/mol. The van der Waals surface area contributed by atoms with Gasteiger partial charge in [0.05, 0.1) is 6.61 Å². The predicted octanol–water partition coefficient (Wildman–Crippen LogP) is 1.80. The smallest absolute Gasteiger partial charge is 0.359 e. The number of ether oxygens (including phenoxy) is 2. The molecule has 5 nitrogen and oxygen atoms in total. The molecule has 1 atom stereocenters. The van der Waals surface area contributed by atoms with Gasteiger partial charge in [-0.25, -0.2) is 4.79 Å². The van der Waals surface area contributed by atoms with Gasteiger partial charge in [0.15, 0.2) is 5.69 Å². The van der Waals surface area contributed by atoms with E-state index in [2.05, 4.69) is 24.0 Å². The summed E-state index contributed by atoms with van der Waals surface area (Å²) in [6.07, 6.45) is 0.603. The van der Waals surface area contributed by atoms with Crippen molar-refractivity contribution in [1.82, 2.24) is 10.2 Å². The topological polar surface area (TPSA) is 64.2 Å². The quantitative estimate of drug-likeness (QED) is 0.770. The Bertz CT molecular complexity index is 360. The number of carbonyl (C=O) groups is 1. The first kappa shape index (κ1) is 13.7. The lowest BCUT2D eigenvalue weighted by Crippen LogP contribution is -2.19. The average Bonchev–Trinajstić information content (AvgIpc) is 2.65. The minimum Gasteiger partial charge on any atom is -0.455 e. The van der Waals surface area contributed by atoms with E-state index in [1.54, 1.807) is 20.1 Å². The number of aromatic nitrogens is 2. The summed E-state index contributed by atoms with van der Waals surface area (Å²) in [6.45, 7) is 6.39. The average molecular weight is 240 g/mol. The fraction of sp³-hybridized carbons (Fsp3) is 0.667. The highest BCUT2D eigenvalue weighted by atomic mass is 16.6. The third-order valence-corrected chi connectivity index (χ3v) is 2.18. The Morgan fingerprint density at radius 1 is 1.47 bits per heavy atom. The van der Waals surface area contributed by atoms with Crippen molar-refractivity contribution in [2.45, 2.75) is 33.3 Å². The molecule has 1 rings (SSSR count). The van der Waals surface area contributed by atoms with E-state index < -0.39 is 5.97 Å². The molecule has 1 heterocycles. The van der Waals surface area contributed by atoms with Gasteiger partial charge in [0, 0.05) is 12.8 Å². The van der Waals surface area contributed by atoms with Crippen LogP contribution in [0.5, 0.6) is 0 Å². The van der Waals surface area contributed by atoms with Crippen LogP contribution >= 0.6 is 0 Å². The fourth-order valence-corrected chi connectivity index (χ4v) is 1.52. The molecule has 0 bridgehead atoms. The van der Waals surface area contributed by atoms with Gasteiger partial charge in [0.1, 0.15) is 6.10 Å². The maximum Gasteiger partial charge on any atom is 0.359 e. The lowest BCUT2D eigenvalue weighted by molar-refractivity contribution is 0.0114. The van der Waals surface area contributed by atoms with Gasteiger partial charge < -0.3 is 9.47 Å². The largest absolute Gasteiger partial charge is 0.455 e. The van der Waals surface area contributed by atoms with E-state index in [9.17, 15) is 4.79 Å². The lowest BCUT2D eigenvalue weighted by atomic mass is 10.1. The van der Waals surface area contributed by atoms with E-state index >= 15 is 0 Å². The molecule has 1 aromatic rings. The van der Waals surface area contributed by atoms with Crippen LogP contribution in [0.25, 0.3) is 0 Å². The van der Waals surface area contributed by atoms with Gasteiger partial charge in [0.2, 0.25) is 0 Å². The molecule has 0 amide bonds. The third kappa shape index (κ3) is 4.56. The minimum absolute atomic E-state index is 0.266. The van der Waals surface area contributed by atoms with Gasteiger partial charge in [0.25, 0.3) is 0 Å². The van der Waals surface area contributed by atoms with Crippen LogP contribution in [0.4, 0.5) is 0 Å². The first-order chi connectivity index (χ1) is 8.02. The Hall–Kier alpha value is -1.36. The van der Waals surface area contributed by atoms with E-state index in [4.69, 9.17) is 9.47 Å². The second-order valence-electron chi connectivity index (χ2n) is 4.55. The molecular weight excluding hydrogens is 220 g/mol. The molecule has 0 unspecified atom stereocenters. The number of nitrogens with one attached hydrogen (secondary N) is 1. The van der Waals surface area contributed by atoms with Crippen LogP contribution in [0.2, 0.25) is 0 Å². The highest BCUT2D eigenvalue weighted by Gasteiger charge is 2.15. The number of nitrogens with zero attached hydrogens (tertiary/aromatic N) is 1. The summed E-state index contributed by atoms with van der Waals surface area (Å²) in [5.41, 5.74) is 1.27. The molecule has 5 heteroatoms. The first-order valence-electron chi connectivity index (χ1n) is 5.77. The third-order valence-electron chi connectivity index (χ3n) is 2.18. The highest BCUT2D eigenvalue weighted by molar-refractivity contribution is 5.87. The Labute approximate surface area is 102 Å². The molecule has 0 aromatic carbocycles. The number of H-pyrrole nitrogens is 1. The van der Waals surface area contributed by atoms with Crippen LogP contribution in [0, 0.1) is 5.92 Å². The molecule has 0 aliphatic rings. The molecule has 0 radical (unpaired) electrons. The zero-order chi connectivity index (χ0) is 12.8. The SMILES string of the molecule is COC[C@H](C)OC(=O)c1cc(CC(C)C)[nH]n1. The van der Waals surface area contributed by atoms with Crippen LogP contribution in [0.3, 0.4) is 0 Å². The van der Waals surface area contributed by atoms with E-state index in [1.165, 1.54) is 0 Å². The Morgan fingerprint density at radius 3 is 2.76 bits per heavy atom. The maximum atomic E-state index is 11.7. The monoisotopic (exact) mass is 240 g/mol. The number of esters is 1. The summed E-state index contributed by atoms with van der Waals surface area (Å²) in [7, 11) is 1.57. The van der Waals surface area contributed by atoms with Crippen LogP contribution in [-0.4, -0.2) is 36.0 Å². The van der Waals surface area contributed by atoms with E-state index in [1.807, 2.05) is 0 Å². The summed E-state index contributed by atoms with van der Waals surface area (Å²) in [4.78, 5) is 11.7. The van der Waals surface area contributed by atoms with Crippen molar-refractivity contribution in [3.05, 3.63) is 17.5 Å². The molecule has 1 aromatic heterocycles. The van der Waals surface area contributed by atoms with E-state index in [0.29, 0.717) is 18.2 Å². The fourth-order valence-electron chi connectivity index (χ4n) is 1.52. The van der Waals surface area contributed by atoms with Gasteiger partial charge in [-0.3, -0.25) is 5.10 Å². The molecule has 0 fully saturated rings. The van der Waals surface area contributed by atoms with Gasteiger partial charge in [-0.2, -0.15) is 5.10 Å². The highest BCUT2D eigenvalue weighted by Crippen LogP contribution is 2.08. The number of rotatable bonds is 6. The van der Waals surface area contributed by atoms with Crippen LogP contribution in [0.15, 0.2) is 6.07 Å². The number of hydrogen-bond donors (Lipinski definition) is 1.